The SMILES string of the molecule is CCCCN(c1nc(N(C)CCCC(CCCN(C)c2nc(N(CCCC)C3CC(C)(C)N(C)C(C)(C)C3)nc(N(CCCC)C3CC(C)(C)N(C)C(C)(C)C3)n2)CN(C)c2nc(N(CCCC)C3CC(C)(C)N(C)C(C)(C)C3)nc(N(CCCC)C3CC(C)(C)N(C)C(C)(C)C3)n2)nc(N(CCCC)C2CC(C)(C)N(C)C(C)(C)C2)n1)C1CC(C)(C)N(C)C(C)(C)C1. The third-order valence-corrected chi connectivity index (χ3v) is 34.0. The number of piperidine rings is 6. The van der Waals surface area contributed by atoms with E-state index < -0.39 is 0 Å². The van der Waals surface area contributed by atoms with Crippen molar-refractivity contribution in [2.24, 2.45) is 5.92 Å². The quantitative estimate of drug-likeness (QED) is 0.0525. The molecular formula is C104H198N24. The molecule has 0 aliphatic carbocycles. The molecule has 9 rings (SSSR count). The molecule has 6 fully saturated rings. The van der Waals surface area contributed by atoms with Crippen molar-refractivity contribution in [2.75, 3.05) is 166 Å². The van der Waals surface area contributed by atoms with Gasteiger partial charge in [-0.3, -0.25) is 29.4 Å². The highest BCUT2D eigenvalue weighted by Gasteiger charge is 2.53. The largest absolute Gasteiger partial charge is 0.344 e. The lowest BCUT2D eigenvalue weighted by atomic mass is 9.77. The van der Waals surface area contributed by atoms with E-state index in [2.05, 4.69) is 345 Å². The van der Waals surface area contributed by atoms with Gasteiger partial charge in [-0.25, -0.2) is 0 Å². The minimum Gasteiger partial charge on any atom is -0.344 e. The summed E-state index contributed by atoms with van der Waals surface area (Å²) < 4.78 is 0. The van der Waals surface area contributed by atoms with Gasteiger partial charge >= 0.3 is 0 Å². The Morgan fingerprint density at radius 2 is 0.359 bits per heavy atom. The minimum absolute atomic E-state index is 0.0270. The third-order valence-electron chi connectivity index (χ3n) is 34.0. The maximum absolute atomic E-state index is 5.88. The fraction of sp³-hybridized carbons (Fsp3) is 0.913. The average molecular weight is 1780 g/mol. The predicted octanol–water partition coefficient (Wildman–Crippen LogP) is 20.7. The number of rotatable bonds is 43. The molecule has 0 amide bonds. The molecule has 0 saturated carbocycles. The molecule has 0 atom stereocenters. The first-order valence-corrected chi connectivity index (χ1v) is 51.7. The first kappa shape index (κ1) is 107. The van der Waals surface area contributed by atoms with E-state index in [0.717, 1.165) is 292 Å². The van der Waals surface area contributed by atoms with E-state index in [0.29, 0.717) is 0 Å². The van der Waals surface area contributed by atoms with E-state index >= 15 is 0 Å². The molecule has 3 aromatic heterocycles. The van der Waals surface area contributed by atoms with Gasteiger partial charge in [-0.2, -0.15) is 44.9 Å². The van der Waals surface area contributed by atoms with Gasteiger partial charge in [0.1, 0.15) is 0 Å². The molecule has 6 saturated heterocycles. The van der Waals surface area contributed by atoms with E-state index in [1.165, 1.54) is 0 Å². The van der Waals surface area contributed by atoms with Crippen molar-refractivity contribution in [1.29, 1.82) is 0 Å². The van der Waals surface area contributed by atoms with Crippen LogP contribution in [0.15, 0.2) is 0 Å². The standard InChI is InChI=1S/C104H198N24/c1-40-46-58-123(78-64-93(7,8)117(34)94(9,10)65-78)87-105-84(106-88(111-87)124(59-47-41-2)79-66-95(11,12)118(35)96(13,14)67-79)114(31)56-52-54-77(76-116(33)86-109-91(127(62-50-44-5)82-72-101(23,24)121(38)102(25,26)73-82)113-92(110-86)128(63-51-45-6)83-74-103(27,28)122(39)104(29,30)75-83)55-53-57-115(32)85-107-89(125(60-48-42-3)80-68-97(15,16)119(36)98(17,18)69-80)112-90(108-85)126(61-49-43-4)81-70-99(19,20)120(37)100(21,22)71-81/h77-83H,40-76H2,1-39H3. The minimum atomic E-state index is -0.0399. The van der Waals surface area contributed by atoms with Crippen LogP contribution in [-0.2, 0) is 0 Å². The Morgan fingerprint density at radius 3 is 0.508 bits per heavy atom. The molecule has 128 heavy (non-hydrogen) atoms. The maximum Gasteiger partial charge on any atom is 0.232 e. The van der Waals surface area contributed by atoms with Gasteiger partial charge in [-0.05, 0) is 356 Å². The molecule has 24 nitrogen and oxygen atoms in total. The van der Waals surface area contributed by atoms with Gasteiger partial charge < -0.3 is 44.1 Å². The first-order valence-electron chi connectivity index (χ1n) is 51.7. The van der Waals surface area contributed by atoms with Gasteiger partial charge in [0.05, 0.1) is 0 Å². The zero-order chi connectivity index (χ0) is 95.4. The van der Waals surface area contributed by atoms with Gasteiger partial charge in [0.25, 0.3) is 0 Å². The van der Waals surface area contributed by atoms with Crippen molar-refractivity contribution in [2.45, 2.75) is 490 Å². The van der Waals surface area contributed by atoms with Crippen molar-refractivity contribution in [3.8, 4) is 0 Å². The first-order chi connectivity index (χ1) is 59.3. The highest BCUT2D eigenvalue weighted by molar-refractivity contribution is 5.52. The Hall–Kier alpha value is -5.01. The summed E-state index contributed by atoms with van der Waals surface area (Å²) in [6.07, 6.45) is 28.9. The number of nitrogens with zero attached hydrogens (tertiary/aromatic N) is 24. The van der Waals surface area contributed by atoms with Gasteiger partial charge in [-0.1, -0.05) is 80.1 Å². The predicted molar refractivity (Wildman–Crippen MR) is 548 cm³/mol. The number of hydrogen-bond donors (Lipinski definition) is 0. The van der Waals surface area contributed by atoms with Crippen LogP contribution in [0.25, 0.3) is 0 Å². The summed E-state index contributed by atoms with van der Waals surface area (Å²) >= 11 is 0. The summed E-state index contributed by atoms with van der Waals surface area (Å²) in [4.78, 5) is 91.2. The fourth-order valence-electron chi connectivity index (χ4n) is 24.4. The van der Waals surface area contributed by atoms with E-state index in [1.54, 1.807) is 0 Å². The second-order valence-electron chi connectivity index (χ2n) is 49.3. The Labute approximate surface area is 786 Å². The second kappa shape index (κ2) is 42.1. The molecule has 0 N–H and O–H groups in total. The number of anilines is 9. The zero-order valence-corrected chi connectivity index (χ0v) is 90.4. The van der Waals surface area contributed by atoms with E-state index in [1.807, 2.05) is 0 Å². The smallest absolute Gasteiger partial charge is 0.232 e. The third kappa shape index (κ3) is 25.2. The monoisotopic (exact) mass is 1780 g/mol. The van der Waals surface area contributed by atoms with Crippen LogP contribution in [0, 0.1) is 5.92 Å². The van der Waals surface area contributed by atoms with Crippen LogP contribution >= 0.6 is 0 Å². The summed E-state index contributed by atoms with van der Waals surface area (Å²) in [5.41, 5.74) is -0.376. The lowest BCUT2D eigenvalue weighted by Crippen LogP contribution is -2.63. The fourth-order valence-corrected chi connectivity index (χ4v) is 24.4. The summed E-state index contributed by atoms with van der Waals surface area (Å²) in [5, 5.41) is 0. The number of unbranched alkanes of at least 4 members (excludes halogenated alkanes) is 6. The van der Waals surface area contributed by atoms with E-state index in [-0.39, 0.29) is 109 Å². The van der Waals surface area contributed by atoms with Crippen LogP contribution < -0.4 is 44.1 Å². The van der Waals surface area contributed by atoms with Crippen molar-refractivity contribution >= 4 is 53.5 Å². The van der Waals surface area contributed by atoms with Crippen molar-refractivity contribution in [1.82, 2.24) is 74.3 Å². The van der Waals surface area contributed by atoms with Gasteiger partial charge in [0, 0.05) is 183 Å². The van der Waals surface area contributed by atoms with Crippen molar-refractivity contribution in [3.63, 3.8) is 0 Å². The summed E-state index contributed by atoms with van der Waals surface area (Å²) in [7, 11) is 20.8. The molecule has 0 bridgehead atoms. The second-order valence-corrected chi connectivity index (χ2v) is 49.3. The van der Waals surface area contributed by atoms with Gasteiger partial charge in [0.15, 0.2) is 0 Å². The van der Waals surface area contributed by atoms with E-state index in [4.69, 9.17) is 44.9 Å². The highest BCUT2D eigenvalue weighted by Crippen LogP contribution is 2.49. The Kier molecular flexibility index (Phi) is 35.1. The Bertz CT molecular complexity index is 3460. The van der Waals surface area contributed by atoms with Crippen LogP contribution in [0.1, 0.15) is 387 Å². The van der Waals surface area contributed by atoms with Crippen LogP contribution in [0.5, 0.6) is 0 Å². The number of aromatic nitrogens is 9. The topological polar surface area (TPSA) is 165 Å². The van der Waals surface area contributed by atoms with Crippen LogP contribution in [0.3, 0.4) is 0 Å². The zero-order valence-electron chi connectivity index (χ0n) is 90.4. The summed E-state index contributed by atoms with van der Waals surface area (Å²) in [6, 6.07) is 1.47. The molecular weight excluding hydrogens is 1590 g/mol. The van der Waals surface area contributed by atoms with Crippen LogP contribution in [0.4, 0.5) is 53.5 Å². The molecule has 9 heterocycles. The molecule has 24 heteroatoms. The molecule has 3 aromatic rings. The Balaban J connectivity index is 1.18. The van der Waals surface area contributed by atoms with Crippen LogP contribution in [0.2, 0.25) is 0 Å². The number of hydrogen-bond acceptors (Lipinski definition) is 24. The van der Waals surface area contributed by atoms with Crippen molar-refractivity contribution < 1.29 is 0 Å². The molecule has 734 valence electrons. The number of likely N-dealkylation sites (tertiary alicyclic amines) is 6. The summed E-state index contributed by atoms with van der Waals surface area (Å²) in [6.45, 7) is 80.3. The van der Waals surface area contributed by atoms with Crippen molar-refractivity contribution in [3.05, 3.63) is 0 Å². The summed E-state index contributed by atoms with van der Waals surface area (Å²) in [5.74, 6) is 7.51. The molecule has 0 radical (unpaired) electrons. The van der Waals surface area contributed by atoms with Crippen LogP contribution in [-0.4, -0.2) is 299 Å². The molecule has 0 aromatic carbocycles. The van der Waals surface area contributed by atoms with Gasteiger partial charge in [-0.15, -0.1) is 0 Å². The molecule has 0 unspecified atom stereocenters. The molecule has 6 aliphatic heterocycles. The maximum atomic E-state index is 5.88. The highest BCUT2D eigenvalue weighted by atomic mass is 15.5. The van der Waals surface area contributed by atoms with Gasteiger partial charge in [0.2, 0.25) is 53.5 Å². The lowest BCUT2D eigenvalue weighted by molar-refractivity contribution is -0.0135. The normalized spacial score (nSPS) is 22.9. The Morgan fingerprint density at radius 1 is 0.219 bits per heavy atom. The molecule has 0 spiro atoms. The average Bonchev–Trinajstić information content (AvgIpc) is 0.760. The lowest BCUT2D eigenvalue weighted by Gasteiger charge is -2.56. The van der Waals surface area contributed by atoms with E-state index in [9.17, 15) is 0 Å². The molecule has 6 aliphatic rings.